The van der Waals surface area contributed by atoms with Crippen LogP contribution in [0, 0.1) is 11.8 Å². The van der Waals surface area contributed by atoms with Gasteiger partial charge in [0, 0.05) is 0 Å². The molecule has 0 radical (unpaired) electrons. The molecule has 0 aromatic rings. The highest BCUT2D eigenvalue weighted by Gasteiger charge is 2.45. The fourth-order valence-electron chi connectivity index (χ4n) is 1.45. The van der Waals surface area contributed by atoms with Crippen molar-refractivity contribution >= 4 is 5.97 Å². The normalized spacial score (nSPS) is 15.6. The van der Waals surface area contributed by atoms with Crippen LogP contribution in [0.15, 0.2) is 0 Å². The molecule has 0 aliphatic carbocycles. The Labute approximate surface area is 106 Å². The molecule has 108 valence electrons. The molecular formula is C12H22F3NO2. The lowest BCUT2D eigenvalue weighted by atomic mass is 9.94. The maximum Gasteiger partial charge on any atom is 0.404 e. The number of rotatable bonds is 7. The Balaban J connectivity index is 4.61. The van der Waals surface area contributed by atoms with Gasteiger partial charge < -0.3 is 10.5 Å². The van der Waals surface area contributed by atoms with E-state index in [0.717, 1.165) is 0 Å². The Morgan fingerprint density at radius 1 is 1.33 bits per heavy atom. The Hall–Kier alpha value is -0.780. The van der Waals surface area contributed by atoms with Crippen LogP contribution in [0.2, 0.25) is 0 Å². The first kappa shape index (κ1) is 17.2. The molecule has 0 amide bonds. The van der Waals surface area contributed by atoms with Gasteiger partial charge in [0.05, 0.1) is 12.5 Å². The second-order valence-corrected chi connectivity index (χ2v) is 4.84. The molecule has 2 N–H and O–H groups in total. The average molecular weight is 269 g/mol. The van der Waals surface area contributed by atoms with Crippen LogP contribution >= 0.6 is 0 Å². The maximum atomic E-state index is 12.6. The van der Waals surface area contributed by atoms with Crippen LogP contribution < -0.4 is 5.73 Å². The third-order valence-corrected chi connectivity index (χ3v) is 2.54. The van der Waals surface area contributed by atoms with Crippen molar-refractivity contribution in [3.8, 4) is 0 Å². The number of ether oxygens (including phenoxy) is 1. The second-order valence-electron chi connectivity index (χ2n) is 4.84. The van der Waals surface area contributed by atoms with E-state index < -0.39 is 24.1 Å². The summed E-state index contributed by atoms with van der Waals surface area (Å²) in [6, 6.07) is -2.15. The van der Waals surface area contributed by atoms with E-state index in [4.69, 9.17) is 10.5 Å². The number of alkyl halides is 3. The Kier molecular flexibility index (Phi) is 7.28. The molecule has 0 heterocycles. The fourth-order valence-corrected chi connectivity index (χ4v) is 1.45. The molecule has 0 bridgehead atoms. The van der Waals surface area contributed by atoms with Gasteiger partial charge in [-0.05, 0) is 12.3 Å². The standard InChI is InChI=1S/C12H22F3NO2/c1-4-5-6-9(10(16)12(13,14)15)11(17)18-7-8(2)3/h8-10H,4-7,16H2,1-3H3/t9-,10-/m0/s1. The van der Waals surface area contributed by atoms with E-state index in [1.807, 2.05) is 20.8 Å². The highest BCUT2D eigenvalue weighted by Crippen LogP contribution is 2.27. The van der Waals surface area contributed by atoms with Crippen LogP contribution in [-0.2, 0) is 9.53 Å². The summed E-state index contributed by atoms with van der Waals surface area (Å²) in [5.74, 6) is -2.06. The van der Waals surface area contributed by atoms with Gasteiger partial charge in [-0.3, -0.25) is 4.79 Å². The topological polar surface area (TPSA) is 52.3 Å². The fraction of sp³-hybridized carbons (Fsp3) is 0.917. The molecule has 0 aromatic carbocycles. The van der Waals surface area contributed by atoms with Gasteiger partial charge in [-0.2, -0.15) is 13.2 Å². The zero-order chi connectivity index (χ0) is 14.3. The Morgan fingerprint density at radius 3 is 2.28 bits per heavy atom. The first-order valence-electron chi connectivity index (χ1n) is 6.19. The average Bonchev–Trinajstić information content (AvgIpc) is 2.25. The molecule has 0 aliphatic rings. The number of hydrogen-bond donors (Lipinski definition) is 1. The first-order chi connectivity index (χ1) is 8.20. The van der Waals surface area contributed by atoms with E-state index >= 15 is 0 Å². The zero-order valence-corrected chi connectivity index (χ0v) is 11.1. The molecule has 0 saturated heterocycles. The lowest BCUT2D eigenvalue weighted by Crippen LogP contribution is -2.47. The lowest BCUT2D eigenvalue weighted by molar-refractivity contribution is -0.177. The highest BCUT2D eigenvalue weighted by molar-refractivity contribution is 5.73. The van der Waals surface area contributed by atoms with Crippen molar-refractivity contribution in [2.45, 2.75) is 52.3 Å². The summed E-state index contributed by atoms with van der Waals surface area (Å²) in [6.45, 7) is 5.59. The van der Waals surface area contributed by atoms with Crippen LogP contribution in [0.3, 0.4) is 0 Å². The summed E-state index contributed by atoms with van der Waals surface area (Å²) in [7, 11) is 0. The van der Waals surface area contributed by atoms with Gasteiger partial charge in [0.1, 0.15) is 6.04 Å². The largest absolute Gasteiger partial charge is 0.465 e. The Bertz CT molecular complexity index is 254. The molecule has 6 heteroatoms. The van der Waals surface area contributed by atoms with Crippen molar-refractivity contribution in [3.63, 3.8) is 0 Å². The molecule has 0 saturated carbocycles. The summed E-state index contributed by atoms with van der Waals surface area (Å²) in [6.07, 6.45) is -3.24. The van der Waals surface area contributed by atoms with Gasteiger partial charge in [-0.15, -0.1) is 0 Å². The van der Waals surface area contributed by atoms with Gasteiger partial charge in [-0.1, -0.05) is 33.6 Å². The number of esters is 1. The number of nitrogens with two attached hydrogens (primary N) is 1. The predicted molar refractivity (Wildman–Crippen MR) is 62.8 cm³/mol. The molecule has 0 rings (SSSR count). The van der Waals surface area contributed by atoms with E-state index in [1.165, 1.54) is 0 Å². The van der Waals surface area contributed by atoms with Crippen molar-refractivity contribution in [2.24, 2.45) is 17.6 Å². The van der Waals surface area contributed by atoms with Crippen molar-refractivity contribution in [1.82, 2.24) is 0 Å². The van der Waals surface area contributed by atoms with Crippen molar-refractivity contribution in [3.05, 3.63) is 0 Å². The summed E-state index contributed by atoms with van der Waals surface area (Å²) < 4.78 is 42.5. The van der Waals surface area contributed by atoms with Gasteiger partial charge in [0.2, 0.25) is 0 Å². The molecule has 2 atom stereocenters. The molecule has 0 spiro atoms. The lowest BCUT2D eigenvalue weighted by Gasteiger charge is -2.24. The number of unbranched alkanes of at least 4 members (excludes halogenated alkanes) is 1. The molecule has 18 heavy (non-hydrogen) atoms. The summed E-state index contributed by atoms with van der Waals surface area (Å²) >= 11 is 0. The van der Waals surface area contributed by atoms with Gasteiger partial charge in [0.15, 0.2) is 0 Å². The minimum absolute atomic E-state index is 0.0860. The van der Waals surface area contributed by atoms with Crippen molar-refractivity contribution in [1.29, 1.82) is 0 Å². The van der Waals surface area contributed by atoms with Crippen LogP contribution in [0.25, 0.3) is 0 Å². The van der Waals surface area contributed by atoms with E-state index in [9.17, 15) is 18.0 Å². The molecule has 0 fully saturated rings. The number of halogens is 3. The molecule has 0 unspecified atom stereocenters. The van der Waals surface area contributed by atoms with Crippen molar-refractivity contribution < 1.29 is 22.7 Å². The summed E-state index contributed by atoms with van der Waals surface area (Å²) in [5, 5.41) is 0. The molecule has 0 aromatic heterocycles. The monoisotopic (exact) mass is 269 g/mol. The number of hydrogen-bond acceptors (Lipinski definition) is 3. The minimum atomic E-state index is -4.57. The smallest absolute Gasteiger partial charge is 0.404 e. The van der Waals surface area contributed by atoms with Crippen LogP contribution in [0.5, 0.6) is 0 Å². The summed E-state index contributed by atoms with van der Waals surface area (Å²) in [4.78, 5) is 11.6. The SMILES string of the molecule is CCCC[C@H](C(=O)OCC(C)C)[C@H](N)C(F)(F)F. The first-order valence-corrected chi connectivity index (χ1v) is 6.19. The van der Waals surface area contributed by atoms with Gasteiger partial charge >= 0.3 is 12.1 Å². The minimum Gasteiger partial charge on any atom is -0.465 e. The number of carbonyl (C=O) groups is 1. The van der Waals surface area contributed by atoms with E-state index in [1.54, 1.807) is 0 Å². The third-order valence-electron chi connectivity index (χ3n) is 2.54. The maximum absolute atomic E-state index is 12.6. The van der Waals surface area contributed by atoms with E-state index in [0.29, 0.717) is 12.8 Å². The second kappa shape index (κ2) is 7.61. The van der Waals surface area contributed by atoms with Gasteiger partial charge in [-0.25, -0.2) is 0 Å². The molecular weight excluding hydrogens is 247 g/mol. The molecule has 3 nitrogen and oxygen atoms in total. The van der Waals surface area contributed by atoms with Crippen LogP contribution in [0.1, 0.15) is 40.0 Å². The van der Waals surface area contributed by atoms with Crippen LogP contribution in [-0.4, -0.2) is 24.8 Å². The van der Waals surface area contributed by atoms with Crippen LogP contribution in [0.4, 0.5) is 13.2 Å². The number of carbonyl (C=O) groups excluding carboxylic acids is 1. The summed E-state index contributed by atoms with van der Waals surface area (Å²) in [5.41, 5.74) is 5.12. The van der Waals surface area contributed by atoms with Gasteiger partial charge in [0.25, 0.3) is 0 Å². The van der Waals surface area contributed by atoms with E-state index in [2.05, 4.69) is 0 Å². The predicted octanol–water partition coefficient (Wildman–Crippen LogP) is 2.88. The highest BCUT2D eigenvalue weighted by atomic mass is 19.4. The van der Waals surface area contributed by atoms with Crippen molar-refractivity contribution in [2.75, 3.05) is 6.61 Å². The quantitative estimate of drug-likeness (QED) is 0.723. The molecule has 0 aliphatic heterocycles. The van der Waals surface area contributed by atoms with E-state index in [-0.39, 0.29) is 18.9 Å². The third kappa shape index (κ3) is 6.23. The zero-order valence-electron chi connectivity index (χ0n) is 11.1. The Morgan fingerprint density at radius 2 is 1.89 bits per heavy atom.